The van der Waals surface area contributed by atoms with Gasteiger partial charge in [0.2, 0.25) is 5.91 Å². The maximum atomic E-state index is 13.1. The number of hydrogen-bond acceptors (Lipinski definition) is 5. The minimum absolute atomic E-state index is 0.00701. The molecule has 8 nitrogen and oxygen atoms in total. The summed E-state index contributed by atoms with van der Waals surface area (Å²) in [6.45, 7) is 1.92. The summed E-state index contributed by atoms with van der Waals surface area (Å²) in [6, 6.07) is 7.63. The summed E-state index contributed by atoms with van der Waals surface area (Å²) in [4.78, 5) is 14.8. The molecule has 0 bridgehead atoms. The number of carbonyl (C=O) groups is 1. The molecule has 0 radical (unpaired) electrons. The molecule has 0 saturated carbocycles. The van der Waals surface area contributed by atoms with Crippen LogP contribution in [-0.4, -0.2) is 59.4 Å². The Labute approximate surface area is 164 Å². The highest BCUT2D eigenvalue weighted by molar-refractivity contribution is 7.89. The third-order valence-corrected chi connectivity index (χ3v) is 7.80. The van der Waals surface area contributed by atoms with Gasteiger partial charge in [0.05, 0.1) is 6.54 Å². The van der Waals surface area contributed by atoms with Crippen LogP contribution in [0.1, 0.15) is 29.7 Å². The number of amides is 1. The predicted molar refractivity (Wildman–Crippen MR) is 103 cm³/mol. The number of aromatic amines is 1. The van der Waals surface area contributed by atoms with E-state index in [-0.39, 0.29) is 23.5 Å². The number of anilines is 1. The van der Waals surface area contributed by atoms with Crippen molar-refractivity contribution in [2.45, 2.75) is 43.3 Å². The first-order valence-corrected chi connectivity index (χ1v) is 11.2. The summed E-state index contributed by atoms with van der Waals surface area (Å²) in [5.41, 5.74) is 3.60. The zero-order valence-electron chi connectivity index (χ0n) is 15.5. The number of H-pyrrole nitrogens is 1. The fourth-order valence-electron chi connectivity index (χ4n) is 4.39. The summed E-state index contributed by atoms with van der Waals surface area (Å²) >= 11 is 0. The van der Waals surface area contributed by atoms with Gasteiger partial charge < -0.3 is 10.2 Å². The van der Waals surface area contributed by atoms with Crippen LogP contribution in [0.15, 0.2) is 29.3 Å². The largest absolute Gasteiger partial charge is 0.373 e. The average Bonchev–Trinajstić information content (AvgIpc) is 3.45. The highest BCUT2D eigenvalue weighted by Crippen LogP contribution is 2.30. The standard InChI is InChI=1S/C19H23N5O3S/c25-19(17-11-13-5-1-2-6-15(13)20-17)23-10-7-16-14(12-23)18(22-21-16)28(26,27)24-8-3-4-9-24/h1-2,5-6,17,20H,3-4,7-12H2,(H,21,22). The Morgan fingerprint density at radius 2 is 1.93 bits per heavy atom. The van der Waals surface area contributed by atoms with E-state index >= 15 is 0 Å². The summed E-state index contributed by atoms with van der Waals surface area (Å²) in [5.74, 6) is 0.00701. The van der Waals surface area contributed by atoms with Crippen molar-refractivity contribution in [2.75, 3.05) is 25.0 Å². The molecule has 1 saturated heterocycles. The zero-order chi connectivity index (χ0) is 19.3. The van der Waals surface area contributed by atoms with E-state index in [4.69, 9.17) is 0 Å². The second-order valence-corrected chi connectivity index (χ2v) is 9.52. The van der Waals surface area contributed by atoms with Gasteiger partial charge in [-0.15, -0.1) is 0 Å². The van der Waals surface area contributed by atoms with E-state index in [0.29, 0.717) is 38.0 Å². The molecule has 0 spiro atoms. The van der Waals surface area contributed by atoms with Crippen LogP contribution in [0.25, 0.3) is 0 Å². The smallest absolute Gasteiger partial charge is 0.262 e. The van der Waals surface area contributed by atoms with Gasteiger partial charge in [-0.2, -0.15) is 9.40 Å². The third kappa shape index (κ3) is 2.80. The van der Waals surface area contributed by atoms with Crippen molar-refractivity contribution in [2.24, 2.45) is 0 Å². The SMILES string of the molecule is O=C(C1Cc2ccccc2N1)N1CCc2[nH]nc(S(=O)(=O)N3CCCC3)c2C1. The lowest BCUT2D eigenvalue weighted by atomic mass is 10.1. The van der Waals surface area contributed by atoms with Crippen molar-refractivity contribution in [3.8, 4) is 0 Å². The molecule has 3 aliphatic rings. The predicted octanol–water partition coefficient (Wildman–Crippen LogP) is 1.12. The van der Waals surface area contributed by atoms with Gasteiger partial charge >= 0.3 is 0 Å². The Kier molecular flexibility index (Phi) is 4.17. The van der Waals surface area contributed by atoms with Crippen molar-refractivity contribution in [3.05, 3.63) is 41.1 Å². The molecule has 9 heteroatoms. The van der Waals surface area contributed by atoms with E-state index < -0.39 is 10.0 Å². The molecule has 1 fully saturated rings. The molecule has 4 heterocycles. The van der Waals surface area contributed by atoms with Gasteiger partial charge in [0.15, 0.2) is 5.03 Å². The quantitative estimate of drug-likeness (QED) is 0.803. The minimum atomic E-state index is -3.61. The van der Waals surface area contributed by atoms with Gasteiger partial charge in [-0.25, -0.2) is 8.42 Å². The summed E-state index contributed by atoms with van der Waals surface area (Å²) in [5, 5.41) is 10.4. The fourth-order valence-corrected chi connectivity index (χ4v) is 6.03. The van der Waals surface area contributed by atoms with Crippen LogP contribution in [0.5, 0.6) is 0 Å². The second-order valence-electron chi connectivity index (χ2n) is 7.67. The highest BCUT2D eigenvalue weighted by atomic mass is 32.2. The van der Waals surface area contributed by atoms with E-state index in [1.54, 1.807) is 4.90 Å². The summed E-state index contributed by atoms with van der Waals surface area (Å²) in [6.07, 6.45) is 3.00. The number of para-hydroxylation sites is 1. The molecule has 148 valence electrons. The van der Waals surface area contributed by atoms with Crippen LogP contribution in [-0.2, 0) is 34.2 Å². The Morgan fingerprint density at radius 3 is 2.71 bits per heavy atom. The fraction of sp³-hybridized carbons (Fsp3) is 0.474. The van der Waals surface area contributed by atoms with E-state index in [1.165, 1.54) is 4.31 Å². The van der Waals surface area contributed by atoms with Crippen molar-refractivity contribution < 1.29 is 13.2 Å². The van der Waals surface area contributed by atoms with Crippen molar-refractivity contribution in [3.63, 3.8) is 0 Å². The molecule has 28 heavy (non-hydrogen) atoms. The van der Waals surface area contributed by atoms with E-state index in [2.05, 4.69) is 15.5 Å². The first-order chi connectivity index (χ1) is 13.5. The number of hydrogen-bond donors (Lipinski definition) is 2. The van der Waals surface area contributed by atoms with Gasteiger partial charge in [-0.3, -0.25) is 9.89 Å². The van der Waals surface area contributed by atoms with Crippen LogP contribution in [0.4, 0.5) is 5.69 Å². The normalized spacial score (nSPS) is 22.0. The minimum Gasteiger partial charge on any atom is -0.373 e. The Hall–Kier alpha value is -2.39. The first-order valence-electron chi connectivity index (χ1n) is 9.73. The third-order valence-electron chi connectivity index (χ3n) is 5.93. The molecule has 5 rings (SSSR count). The molecule has 1 aromatic carbocycles. The van der Waals surface area contributed by atoms with Crippen LogP contribution >= 0.6 is 0 Å². The van der Waals surface area contributed by atoms with E-state index in [0.717, 1.165) is 29.8 Å². The highest BCUT2D eigenvalue weighted by Gasteiger charge is 2.37. The van der Waals surface area contributed by atoms with Gasteiger partial charge in [-0.05, 0) is 24.5 Å². The van der Waals surface area contributed by atoms with Crippen LogP contribution in [0.2, 0.25) is 0 Å². The number of nitrogens with zero attached hydrogens (tertiary/aromatic N) is 3. The number of aromatic nitrogens is 2. The molecule has 2 N–H and O–H groups in total. The van der Waals surface area contributed by atoms with Gasteiger partial charge in [0.25, 0.3) is 10.0 Å². The number of benzene rings is 1. The number of carbonyl (C=O) groups excluding carboxylic acids is 1. The van der Waals surface area contributed by atoms with E-state index in [1.807, 2.05) is 24.3 Å². The molecular weight excluding hydrogens is 378 g/mol. The maximum absolute atomic E-state index is 13.1. The number of fused-ring (bicyclic) bond motifs is 2. The number of rotatable bonds is 3. The molecule has 3 aliphatic heterocycles. The van der Waals surface area contributed by atoms with Gasteiger partial charge in [0.1, 0.15) is 6.04 Å². The second kappa shape index (κ2) is 6.59. The Morgan fingerprint density at radius 1 is 1.14 bits per heavy atom. The van der Waals surface area contributed by atoms with Gasteiger partial charge in [0, 0.05) is 49.4 Å². The Balaban J connectivity index is 1.37. The van der Waals surface area contributed by atoms with Crippen LogP contribution in [0, 0.1) is 0 Å². The molecule has 1 atom stereocenters. The number of sulfonamides is 1. The zero-order valence-corrected chi connectivity index (χ0v) is 16.3. The summed E-state index contributed by atoms with van der Waals surface area (Å²) < 4.78 is 27.5. The molecule has 2 aromatic rings. The van der Waals surface area contributed by atoms with Gasteiger partial charge in [-0.1, -0.05) is 18.2 Å². The average molecular weight is 401 g/mol. The maximum Gasteiger partial charge on any atom is 0.262 e. The molecule has 0 aliphatic carbocycles. The Bertz CT molecular complexity index is 1000. The molecular formula is C19H23N5O3S. The van der Waals surface area contributed by atoms with Crippen molar-refractivity contribution in [1.29, 1.82) is 0 Å². The summed E-state index contributed by atoms with van der Waals surface area (Å²) in [7, 11) is -3.61. The number of nitrogens with one attached hydrogen (secondary N) is 2. The molecule has 1 aromatic heterocycles. The van der Waals surface area contributed by atoms with Crippen LogP contribution < -0.4 is 5.32 Å². The monoisotopic (exact) mass is 401 g/mol. The lowest BCUT2D eigenvalue weighted by molar-refractivity contribution is -0.132. The van der Waals surface area contributed by atoms with Crippen LogP contribution in [0.3, 0.4) is 0 Å². The first kappa shape index (κ1) is 17.7. The van der Waals surface area contributed by atoms with Crippen molar-refractivity contribution >= 4 is 21.6 Å². The lowest BCUT2D eigenvalue weighted by Crippen LogP contribution is -2.44. The molecule has 1 amide bonds. The lowest BCUT2D eigenvalue weighted by Gasteiger charge is -2.29. The topological polar surface area (TPSA) is 98.4 Å². The molecule has 1 unspecified atom stereocenters. The van der Waals surface area contributed by atoms with Crippen molar-refractivity contribution in [1.82, 2.24) is 19.4 Å². The van der Waals surface area contributed by atoms with E-state index in [9.17, 15) is 13.2 Å².